The summed E-state index contributed by atoms with van der Waals surface area (Å²) in [7, 11) is -3.75. The summed E-state index contributed by atoms with van der Waals surface area (Å²) < 4.78 is 33.2. The molecule has 1 aromatic heterocycles. The highest BCUT2D eigenvalue weighted by atomic mass is 32.2. The minimum Gasteiger partial charge on any atom is -0.479 e. The number of nitrogens with one attached hydrogen (secondary N) is 2. The van der Waals surface area contributed by atoms with Gasteiger partial charge in [-0.25, -0.2) is 13.1 Å². The van der Waals surface area contributed by atoms with Crippen molar-refractivity contribution in [3.8, 4) is 5.75 Å². The number of sulfonamides is 1. The van der Waals surface area contributed by atoms with Crippen LogP contribution in [0.3, 0.4) is 0 Å². The first kappa shape index (κ1) is 16.4. The molecule has 0 saturated carbocycles. The van der Waals surface area contributed by atoms with Crippen molar-refractivity contribution < 1.29 is 17.9 Å². The maximum Gasteiger partial charge on any atom is 0.265 e. The average Bonchev–Trinajstić information content (AvgIpc) is 2.56. The van der Waals surface area contributed by atoms with E-state index in [1.165, 1.54) is 18.2 Å². The zero-order valence-electron chi connectivity index (χ0n) is 13.2. The van der Waals surface area contributed by atoms with E-state index in [1.807, 2.05) is 0 Å². The average molecular weight is 347 g/mol. The Morgan fingerprint density at radius 3 is 2.67 bits per heavy atom. The van der Waals surface area contributed by atoms with Crippen LogP contribution in [-0.2, 0) is 14.8 Å². The minimum absolute atomic E-state index is 0.0561. The Kier molecular flexibility index (Phi) is 4.25. The van der Waals surface area contributed by atoms with Gasteiger partial charge in [-0.15, -0.1) is 0 Å². The lowest BCUT2D eigenvalue weighted by atomic mass is 10.1. The maximum atomic E-state index is 12.6. The molecule has 0 saturated heterocycles. The Balaban J connectivity index is 1.85. The third kappa shape index (κ3) is 3.24. The molecule has 0 fully saturated rings. The smallest absolute Gasteiger partial charge is 0.265 e. The van der Waals surface area contributed by atoms with Crippen LogP contribution in [0, 0.1) is 0 Å². The molecular weight excluding hydrogens is 330 g/mol. The first-order chi connectivity index (χ1) is 11.4. The zero-order valence-corrected chi connectivity index (χ0v) is 14.0. The van der Waals surface area contributed by atoms with E-state index in [9.17, 15) is 13.2 Å². The molecule has 3 rings (SSSR count). The number of nitrogens with zero attached hydrogens (tertiary/aromatic N) is 1. The van der Waals surface area contributed by atoms with Crippen LogP contribution in [0.4, 0.5) is 5.69 Å². The largest absolute Gasteiger partial charge is 0.479 e. The topological polar surface area (TPSA) is 97.4 Å². The summed E-state index contributed by atoms with van der Waals surface area (Å²) in [5, 5.41) is 2.64. The first-order valence-electron chi connectivity index (χ1n) is 7.40. The molecule has 2 atom stereocenters. The molecule has 0 radical (unpaired) electrons. The van der Waals surface area contributed by atoms with Gasteiger partial charge < -0.3 is 10.1 Å². The number of rotatable bonds is 4. The molecule has 2 N–H and O–H groups in total. The number of fused-ring (bicyclic) bond motifs is 1. The predicted octanol–water partition coefficient (Wildman–Crippen LogP) is 1.84. The van der Waals surface area contributed by atoms with Crippen molar-refractivity contribution in [2.24, 2.45) is 0 Å². The van der Waals surface area contributed by atoms with Gasteiger partial charge in [-0.3, -0.25) is 9.78 Å². The molecule has 2 aromatic rings. The zero-order chi connectivity index (χ0) is 17.3. The van der Waals surface area contributed by atoms with Gasteiger partial charge in [-0.1, -0.05) is 0 Å². The van der Waals surface area contributed by atoms with Gasteiger partial charge in [0.1, 0.15) is 5.75 Å². The Morgan fingerprint density at radius 1 is 1.25 bits per heavy atom. The molecule has 1 aromatic carbocycles. The highest BCUT2D eigenvalue weighted by molar-refractivity contribution is 7.89. The minimum atomic E-state index is -3.75. The van der Waals surface area contributed by atoms with Crippen LogP contribution in [0.5, 0.6) is 5.75 Å². The molecular formula is C16H17N3O4S. The van der Waals surface area contributed by atoms with Gasteiger partial charge in [0.05, 0.1) is 10.6 Å². The first-order valence-corrected chi connectivity index (χ1v) is 8.89. The van der Waals surface area contributed by atoms with Gasteiger partial charge in [0.15, 0.2) is 6.10 Å². The molecule has 1 amide bonds. The number of pyridine rings is 1. The van der Waals surface area contributed by atoms with Crippen LogP contribution in [0.15, 0.2) is 47.6 Å². The Morgan fingerprint density at radius 2 is 1.96 bits per heavy atom. The molecule has 2 unspecified atom stereocenters. The van der Waals surface area contributed by atoms with Crippen molar-refractivity contribution >= 4 is 21.6 Å². The summed E-state index contributed by atoms with van der Waals surface area (Å²) in [6.45, 7) is 3.37. The Labute approximate surface area is 140 Å². The fourth-order valence-electron chi connectivity index (χ4n) is 2.38. The van der Waals surface area contributed by atoms with Crippen LogP contribution in [0.1, 0.15) is 25.5 Å². The van der Waals surface area contributed by atoms with Crippen molar-refractivity contribution in [2.75, 3.05) is 5.32 Å². The summed E-state index contributed by atoms with van der Waals surface area (Å²) in [4.78, 5) is 15.6. The lowest BCUT2D eigenvalue weighted by Crippen LogP contribution is -2.34. The molecule has 8 heteroatoms. The van der Waals surface area contributed by atoms with Crippen molar-refractivity contribution in [1.29, 1.82) is 0 Å². The summed E-state index contributed by atoms with van der Waals surface area (Å²) in [6.07, 6.45) is 2.60. The van der Waals surface area contributed by atoms with Crippen molar-refractivity contribution in [1.82, 2.24) is 9.71 Å². The van der Waals surface area contributed by atoms with Gasteiger partial charge >= 0.3 is 0 Å². The number of ether oxygens (including phenoxy) is 1. The van der Waals surface area contributed by atoms with E-state index < -0.39 is 22.2 Å². The summed E-state index contributed by atoms with van der Waals surface area (Å²) >= 11 is 0. The Hall–Kier alpha value is -2.45. The van der Waals surface area contributed by atoms with Gasteiger partial charge in [0, 0.05) is 18.4 Å². The Bertz CT molecular complexity index is 868. The molecule has 0 spiro atoms. The van der Waals surface area contributed by atoms with Crippen LogP contribution in [0.2, 0.25) is 0 Å². The number of benzene rings is 1. The molecule has 7 nitrogen and oxygen atoms in total. The lowest BCUT2D eigenvalue weighted by Gasteiger charge is -2.24. The molecule has 0 bridgehead atoms. The standard InChI is InChI=1S/C16H17N3O4S/c1-10(12-5-7-17-8-6-12)19-24(21,22)13-3-4-15-14(9-13)18-16(20)11(2)23-15/h3-11,19H,1-2H3,(H,18,20). The second kappa shape index (κ2) is 6.21. The normalized spacial score (nSPS) is 18.2. The van der Waals surface area contributed by atoms with E-state index >= 15 is 0 Å². The monoisotopic (exact) mass is 347 g/mol. The molecule has 2 heterocycles. The third-order valence-electron chi connectivity index (χ3n) is 3.73. The highest BCUT2D eigenvalue weighted by Gasteiger charge is 2.26. The maximum absolute atomic E-state index is 12.6. The predicted molar refractivity (Wildman–Crippen MR) is 88.1 cm³/mol. The number of aromatic nitrogens is 1. The second-order valence-electron chi connectivity index (χ2n) is 5.53. The van der Waals surface area contributed by atoms with Crippen LogP contribution < -0.4 is 14.8 Å². The lowest BCUT2D eigenvalue weighted by molar-refractivity contribution is -0.122. The van der Waals surface area contributed by atoms with Crippen molar-refractivity contribution in [3.63, 3.8) is 0 Å². The van der Waals surface area contributed by atoms with E-state index in [0.29, 0.717) is 11.4 Å². The van der Waals surface area contributed by atoms with Crippen LogP contribution >= 0.6 is 0 Å². The summed E-state index contributed by atoms with van der Waals surface area (Å²) in [6, 6.07) is 7.45. The number of anilines is 1. The molecule has 126 valence electrons. The van der Waals surface area contributed by atoms with E-state index in [-0.39, 0.29) is 10.8 Å². The number of hydrogen-bond acceptors (Lipinski definition) is 5. The van der Waals surface area contributed by atoms with Crippen molar-refractivity contribution in [3.05, 3.63) is 48.3 Å². The number of carbonyl (C=O) groups excluding carboxylic acids is 1. The number of hydrogen-bond donors (Lipinski definition) is 2. The van der Waals surface area contributed by atoms with Crippen molar-refractivity contribution in [2.45, 2.75) is 30.9 Å². The summed E-state index contributed by atoms with van der Waals surface area (Å²) in [5.74, 6) is 0.137. The number of amides is 1. The number of carbonyl (C=O) groups is 1. The summed E-state index contributed by atoms with van der Waals surface area (Å²) in [5.41, 5.74) is 1.15. The highest BCUT2D eigenvalue weighted by Crippen LogP contribution is 2.32. The van der Waals surface area contributed by atoms with Gasteiger partial charge in [-0.05, 0) is 49.7 Å². The fourth-order valence-corrected chi connectivity index (χ4v) is 3.63. The third-order valence-corrected chi connectivity index (χ3v) is 5.27. The quantitative estimate of drug-likeness (QED) is 0.879. The molecule has 0 aliphatic carbocycles. The fraction of sp³-hybridized carbons (Fsp3) is 0.250. The van der Waals surface area contributed by atoms with E-state index in [2.05, 4.69) is 15.0 Å². The van der Waals surface area contributed by atoms with Gasteiger partial charge in [0.2, 0.25) is 10.0 Å². The van der Waals surface area contributed by atoms with Crippen LogP contribution in [-0.4, -0.2) is 25.4 Å². The molecule has 1 aliphatic heterocycles. The molecule has 24 heavy (non-hydrogen) atoms. The SMILES string of the molecule is CC1Oc2ccc(S(=O)(=O)NC(C)c3ccncc3)cc2NC1=O. The van der Waals surface area contributed by atoms with Gasteiger partial charge in [-0.2, -0.15) is 0 Å². The van der Waals surface area contributed by atoms with Crippen LogP contribution in [0.25, 0.3) is 0 Å². The van der Waals surface area contributed by atoms with Gasteiger partial charge in [0.25, 0.3) is 5.91 Å². The molecule has 1 aliphatic rings. The van der Waals surface area contributed by atoms with E-state index in [4.69, 9.17) is 4.74 Å². The second-order valence-corrected chi connectivity index (χ2v) is 7.24. The van der Waals surface area contributed by atoms with E-state index in [1.54, 1.807) is 38.4 Å². The van der Waals surface area contributed by atoms with E-state index in [0.717, 1.165) is 5.56 Å².